The third kappa shape index (κ3) is 4.05. The molecule has 1 atom stereocenters. The second-order valence-corrected chi connectivity index (χ2v) is 10.8. The molecule has 1 aliphatic heterocycles. The number of aromatic nitrogens is 1. The molecule has 1 aromatic heterocycles. The van der Waals surface area contributed by atoms with Gasteiger partial charge in [0.15, 0.2) is 4.80 Å². The Hall–Kier alpha value is -4.10. The number of hydrogen-bond acceptors (Lipinski definition) is 5. The molecule has 0 fully saturated rings. The van der Waals surface area contributed by atoms with E-state index < -0.39 is 4.92 Å². The van der Waals surface area contributed by atoms with E-state index in [-0.39, 0.29) is 17.3 Å². The number of nitro benzene ring substituents is 1. The monoisotopic (exact) mass is 507 g/mol. The molecule has 4 aromatic rings. The number of aryl methyl sites for hydroxylation is 1. The Balaban J connectivity index is 1.56. The fourth-order valence-corrected chi connectivity index (χ4v) is 6.23. The number of rotatable bonds is 4. The minimum Gasteiger partial charge on any atom is -0.272 e. The zero-order valence-corrected chi connectivity index (χ0v) is 21.4. The van der Waals surface area contributed by atoms with Gasteiger partial charge in [-0.1, -0.05) is 73.7 Å². The van der Waals surface area contributed by atoms with Crippen molar-refractivity contribution in [1.29, 1.82) is 0 Å². The van der Waals surface area contributed by atoms with Crippen LogP contribution in [0.15, 0.2) is 88.2 Å². The van der Waals surface area contributed by atoms with Crippen molar-refractivity contribution in [3.8, 4) is 0 Å². The maximum atomic E-state index is 13.8. The van der Waals surface area contributed by atoms with E-state index in [1.165, 1.54) is 40.2 Å². The Bertz CT molecular complexity index is 1740. The van der Waals surface area contributed by atoms with Crippen molar-refractivity contribution in [2.45, 2.75) is 38.6 Å². The number of nitro groups is 1. The molecule has 37 heavy (non-hydrogen) atoms. The van der Waals surface area contributed by atoms with E-state index in [0.29, 0.717) is 15.3 Å². The predicted octanol–water partition coefficient (Wildman–Crippen LogP) is 5.35. The second-order valence-electron chi connectivity index (χ2n) is 9.78. The number of allylic oxidation sites excluding steroid dienone is 1. The Labute approximate surface area is 217 Å². The van der Waals surface area contributed by atoms with Gasteiger partial charge in [0.1, 0.15) is 0 Å². The van der Waals surface area contributed by atoms with Gasteiger partial charge in [-0.05, 0) is 64.8 Å². The van der Waals surface area contributed by atoms with Crippen molar-refractivity contribution in [2.24, 2.45) is 4.99 Å². The third-order valence-corrected chi connectivity index (χ3v) is 8.18. The molecule has 0 radical (unpaired) electrons. The molecule has 0 saturated carbocycles. The van der Waals surface area contributed by atoms with E-state index in [2.05, 4.69) is 56.3 Å². The van der Waals surface area contributed by atoms with Crippen LogP contribution < -0.4 is 14.9 Å². The summed E-state index contributed by atoms with van der Waals surface area (Å²) in [5, 5.41) is 11.0. The summed E-state index contributed by atoms with van der Waals surface area (Å²) in [6.07, 6.45) is 3.56. The molecule has 6 nitrogen and oxygen atoms in total. The SMILES string of the molecule is CC(C)c1ccc(C2C3=C(N=c4sc(=Cc5ccc([N+](=O)[O-])cc5)c(=O)n42)c2ccccc2CC3)cc1. The summed E-state index contributed by atoms with van der Waals surface area (Å²) < 4.78 is 2.39. The lowest BCUT2D eigenvalue weighted by molar-refractivity contribution is -0.384. The van der Waals surface area contributed by atoms with Crippen molar-refractivity contribution in [3.63, 3.8) is 0 Å². The van der Waals surface area contributed by atoms with Crippen molar-refractivity contribution < 1.29 is 4.92 Å². The fourth-order valence-electron chi connectivity index (χ4n) is 5.23. The quantitative estimate of drug-likeness (QED) is 0.276. The van der Waals surface area contributed by atoms with Crippen LogP contribution in [0.5, 0.6) is 0 Å². The molecule has 1 unspecified atom stereocenters. The first-order chi connectivity index (χ1) is 17.9. The summed E-state index contributed by atoms with van der Waals surface area (Å²) in [5.74, 6) is 0.425. The molecule has 0 spiro atoms. The first-order valence-corrected chi connectivity index (χ1v) is 13.2. The Morgan fingerprint density at radius 3 is 2.46 bits per heavy atom. The Kier molecular flexibility index (Phi) is 5.72. The van der Waals surface area contributed by atoms with Gasteiger partial charge in [-0.3, -0.25) is 19.5 Å². The van der Waals surface area contributed by atoms with E-state index in [9.17, 15) is 14.9 Å². The second kappa shape index (κ2) is 9.09. The smallest absolute Gasteiger partial charge is 0.271 e. The molecular formula is C30H25N3O3S. The van der Waals surface area contributed by atoms with Crippen LogP contribution in [-0.2, 0) is 6.42 Å². The highest BCUT2D eigenvalue weighted by Gasteiger charge is 2.32. The largest absolute Gasteiger partial charge is 0.272 e. The first kappa shape index (κ1) is 23.3. The van der Waals surface area contributed by atoms with Gasteiger partial charge >= 0.3 is 0 Å². The lowest BCUT2D eigenvalue weighted by atomic mass is 9.83. The van der Waals surface area contributed by atoms with Crippen LogP contribution in [-0.4, -0.2) is 9.49 Å². The van der Waals surface area contributed by atoms with Gasteiger partial charge in [-0.2, -0.15) is 0 Å². The maximum absolute atomic E-state index is 13.8. The van der Waals surface area contributed by atoms with Crippen molar-refractivity contribution >= 4 is 28.8 Å². The van der Waals surface area contributed by atoms with Gasteiger partial charge in [-0.25, -0.2) is 4.99 Å². The van der Waals surface area contributed by atoms with Gasteiger partial charge in [0, 0.05) is 17.7 Å². The fraction of sp³-hybridized carbons (Fsp3) is 0.200. The Morgan fingerprint density at radius 2 is 1.76 bits per heavy atom. The van der Waals surface area contributed by atoms with Gasteiger partial charge in [-0.15, -0.1) is 0 Å². The molecule has 1 aliphatic carbocycles. The van der Waals surface area contributed by atoms with E-state index >= 15 is 0 Å². The highest BCUT2D eigenvalue weighted by atomic mass is 32.1. The van der Waals surface area contributed by atoms with Crippen LogP contribution in [0.1, 0.15) is 60.0 Å². The van der Waals surface area contributed by atoms with Gasteiger partial charge in [0.2, 0.25) is 0 Å². The van der Waals surface area contributed by atoms with Crippen molar-refractivity contribution in [1.82, 2.24) is 4.57 Å². The number of nitrogens with zero attached hydrogens (tertiary/aromatic N) is 3. The average Bonchev–Trinajstić information content (AvgIpc) is 3.22. The summed E-state index contributed by atoms with van der Waals surface area (Å²) in [5.41, 5.74) is 7.58. The van der Waals surface area contributed by atoms with Crippen molar-refractivity contribution in [2.75, 3.05) is 0 Å². The summed E-state index contributed by atoms with van der Waals surface area (Å²) in [4.78, 5) is 30.1. The predicted molar refractivity (Wildman–Crippen MR) is 146 cm³/mol. The zero-order valence-electron chi connectivity index (χ0n) is 20.5. The van der Waals surface area contributed by atoms with Crippen LogP contribution in [0.2, 0.25) is 0 Å². The molecule has 3 aromatic carbocycles. The molecule has 0 saturated heterocycles. The normalized spacial score (nSPS) is 16.7. The van der Waals surface area contributed by atoms with Crippen molar-refractivity contribution in [3.05, 3.63) is 136 Å². The number of hydrogen-bond donors (Lipinski definition) is 0. The summed E-state index contributed by atoms with van der Waals surface area (Å²) in [6.45, 7) is 4.35. The molecule has 0 amide bonds. The Morgan fingerprint density at radius 1 is 1.03 bits per heavy atom. The minimum absolute atomic E-state index is 0.0230. The number of thiazole rings is 1. The van der Waals surface area contributed by atoms with Crippen LogP contribution in [0.4, 0.5) is 5.69 Å². The lowest BCUT2D eigenvalue weighted by Gasteiger charge is -2.31. The van der Waals surface area contributed by atoms with Gasteiger partial charge in [0.25, 0.3) is 11.2 Å². The molecule has 184 valence electrons. The van der Waals surface area contributed by atoms with Crippen LogP contribution in [0, 0.1) is 10.1 Å². The van der Waals surface area contributed by atoms with E-state index in [0.717, 1.165) is 35.2 Å². The molecule has 0 bridgehead atoms. The summed E-state index contributed by atoms with van der Waals surface area (Å²) in [6, 6.07) is 23.0. The van der Waals surface area contributed by atoms with Gasteiger partial charge in [0.05, 0.1) is 21.2 Å². The standard InChI is InChI=1S/C30H25N3O3S/c1-18(2)20-9-11-22(12-10-20)28-25-16-13-21-5-3-4-6-24(21)27(25)31-30-32(28)29(34)26(37-30)17-19-7-14-23(15-8-19)33(35)36/h3-12,14-15,17-18,28H,13,16H2,1-2H3. The van der Waals surface area contributed by atoms with Gasteiger partial charge < -0.3 is 0 Å². The van der Waals surface area contributed by atoms with Crippen LogP contribution >= 0.6 is 11.3 Å². The van der Waals surface area contributed by atoms with E-state index in [1.54, 1.807) is 18.2 Å². The van der Waals surface area contributed by atoms with E-state index in [4.69, 9.17) is 4.99 Å². The number of benzene rings is 3. The minimum atomic E-state index is -0.426. The van der Waals surface area contributed by atoms with Crippen LogP contribution in [0.3, 0.4) is 0 Å². The topological polar surface area (TPSA) is 77.5 Å². The summed E-state index contributed by atoms with van der Waals surface area (Å²) >= 11 is 1.36. The maximum Gasteiger partial charge on any atom is 0.271 e. The highest BCUT2D eigenvalue weighted by Crippen LogP contribution is 2.41. The molecular weight excluding hydrogens is 482 g/mol. The molecule has 6 rings (SSSR count). The van der Waals surface area contributed by atoms with E-state index in [1.807, 2.05) is 10.6 Å². The molecule has 2 heterocycles. The summed E-state index contributed by atoms with van der Waals surface area (Å²) in [7, 11) is 0. The molecule has 7 heteroatoms. The number of fused-ring (bicyclic) bond motifs is 3. The lowest BCUT2D eigenvalue weighted by Crippen LogP contribution is -2.38. The highest BCUT2D eigenvalue weighted by molar-refractivity contribution is 7.07. The van der Waals surface area contributed by atoms with Crippen LogP contribution in [0.25, 0.3) is 11.8 Å². The molecule has 2 aliphatic rings. The zero-order chi connectivity index (χ0) is 25.7. The third-order valence-electron chi connectivity index (χ3n) is 7.19. The first-order valence-electron chi connectivity index (χ1n) is 12.4. The average molecular weight is 508 g/mol. The molecule has 0 N–H and O–H groups in total. The number of non-ortho nitro benzene ring substituents is 1.